The monoisotopic (exact) mass is 175 g/mol. The molecule has 0 fully saturated rings. The van der Waals surface area contributed by atoms with Crippen LogP contribution in [-0.2, 0) is 0 Å². The molecule has 0 unspecified atom stereocenters. The highest BCUT2D eigenvalue weighted by Gasteiger charge is 2.00. The molecule has 1 aromatic carbocycles. The standard InChI is InChI=1S/C10H13N3/c1-3-13(2)9-4-5-10-8(6-9)7-11-12-10/h4-7H,3H2,1-2H3,(H,11,12). The van der Waals surface area contributed by atoms with Crippen LogP contribution in [0, 0.1) is 0 Å². The lowest BCUT2D eigenvalue weighted by Gasteiger charge is -2.16. The summed E-state index contributed by atoms with van der Waals surface area (Å²) in [6.07, 6.45) is 1.85. The van der Waals surface area contributed by atoms with E-state index in [4.69, 9.17) is 0 Å². The van der Waals surface area contributed by atoms with Crippen molar-refractivity contribution in [2.24, 2.45) is 0 Å². The second-order valence-corrected chi connectivity index (χ2v) is 3.16. The fourth-order valence-electron chi connectivity index (χ4n) is 1.35. The molecule has 0 bridgehead atoms. The number of fused-ring (bicyclic) bond motifs is 1. The first kappa shape index (κ1) is 8.10. The van der Waals surface area contributed by atoms with E-state index in [1.807, 2.05) is 6.20 Å². The lowest BCUT2D eigenvalue weighted by Crippen LogP contribution is -2.15. The maximum Gasteiger partial charge on any atom is 0.0651 e. The van der Waals surface area contributed by atoms with Gasteiger partial charge in [-0.15, -0.1) is 0 Å². The molecule has 0 saturated heterocycles. The van der Waals surface area contributed by atoms with Crippen molar-refractivity contribution in [3.05, 3.63) is 24.4 Å². The minimum Gasteiger partial charge on any atom is -0.375 e. The molecule has 0 spiro atoms. The smallest absolute Gasteiger partial charge is 0.0651 e. The van der Waals surface area contributed by atoms with Crippen LogP contribution >= 0.6 is 0 Å². The number of nitrogens with one attached hydrogen (secondary N) is 1. The first-order valence-corrected chi connectivity index (χ1v) is 4.45. The number of H-pyrrole nitrogens is 1. The zero-order chi connectivity index (χ0) is 9.26. The molecule has 13 heavy (non-hydrogen) atoms. The van der Waals surface area contributed by atoms with Gasteiger partial charge in [-0.05, 0) is 25.1 Å². The van der Waals surface area contributed by atoms with Gasteiger partial charge in [0.1, 0.15) is 0 Å². The average molecular weight is 175 g/mol. The Bertz CT molecular complexity index is 405. The number of aromatic amines is 1. The summed E-state index contributed by atoms with van der Waals surface area (Å²) in [5.41, 5.74) is 2.32. The van der Waals surface area contributed by atoms with Gasteiger partial charge >= 0.3 is 0 Å². The Hall–Kier alpha value is -1.51. The second-order valence-electron chi connectivity index (χ2n) is 3.16. The van der Waals surface area contributed by atoms with E-state index in [2.05, 4.69) is 47.3 Å². The molecule has 68 valence electrons. The summed E-state index contributed by atoms with van der Waals surface area (Å²) < 4.78 is 0. The van der Waals surface area contributed by atoms with Gasteiger partial charge in [-0.2, -0.15) is 5.10 Å². The number of hydrogen-bond donors (Lipinski definition) is 1. The highest BCUT2D eigenvalue weighted by molar-refractivity contribution is 5.81. The molecule has 3 nitrogen and oxygen atoms in total. The number of anilines is 1. The minimum atomic E-state index is 1.02. The Balaban J connectivity index is 2.48. The molecule has 0 radical (unpaired) electrons. The number of aromatic nitrogens is 2. The maximum atomic E-state index is 3.98. The normalized spacial score (nSPS) is 10.6. The van der Waals surface area contributed by atoms with Gasteiger partial charge in [-0.3, -0.25) is 5.10 Å². The van der Waals surface area contributed by atoms with Gasteiger partial charge in [0.15, 0.2) is 0 Å². The Morgan fingerprint density at radius 3 is 3.08 bits per heavy atom. The first-order valence-electron chi connectivity index (χ1n) is 4.45. The Morgan fingerprint density at radius 2 is 2.31 bits per heavy atom. The minimum absolute atomic E-state index is 1.02. The van der Waals surface area contributed by atoms with Crippen molar-refractivity contribution in [3.8, 4) is 0 Å². The van der Waals surface area contributed by atoms with Crippen molar-refractivity contribution in [3.63, 3.8) is 0 Å². The zero-order valence-electron chi connectivity index (χ0n) is 7.91. The molecule has 3 heteroatoms. The SMILES string of the molecule is CCN(C)c1ccc2[nH]ncc2c1. The Kier molecular flexibility index (Phi) is 1.93. The molecule has 0 saturated carbocycles. The maximum absolute atomic E-state index is 3.98. The lowest BCUT2D eigenvalue weighted by molar-refractivity contribution is 0.970. The summed E-state index contributed by atoms with van der Waals surface area (Å²) in [4.78, 5) is 2.20. The topological polar surface area (TPSA) is 31.9 Å². The van der Waals surface area contributed by atoms with Crippen LogP contribution in [0.2, 0.25) is 0 Å². The van der Waals surface area contributed by atoms with E-state index in [9.17, 15) is 0 Å². The third-order valence-corrected chi connectivity index (χ3v) is 2.34. The highest BCUT2D eigenvalue weighted by atomic mass is 15.1. The third kappa shape index (κ3) is 1.37. The summed E-state index contributed by atoms with van der Waals surface area (Å²) in [7, 11) is 2.08. The van der Waals surface area contributed by atoms with Crippen LogP contribution < -0.4 is 4.90 Å². The van der Waals surface area contributed by atoms with Gasteiger partial charge in [-0.1, -0.05) is 0 Å². The molecule has 0 amide bonds. The van der Waals surface area contributed by atoms with Crippen LogP contribution in [0.5, 0.6) is 0 Å². The molecule has 1 N–H and O–H groups in total. The van der Waals surface area contributed by atoms with E-state index in [1.54, 1.807) is 0 Å². The van der Waals surface area contributed by atoms with Crippen LogP contribution in [0.1, 0.15) is 6.92 Å². The van der Waals surface area contributed by atoms with Gasteiger partial charge in [0.25, 0.3) is 0 Å². The summed E-state index contributed by atoms with van der Waals surface area (Å²) in [5, 5.41) is 8.08. The third-order valence-electron chi connectivity index (χ3n) is 2.34. The van der Waals surface area contributed by atoms with Gasteiger partial charge in [0.05, 0.1) is 11.7 Å². The van der Waals surface area contributed by atoms with Gasteiger partial charge < -0.3 is 4.90 Å². The van der Waals surface area contributed by atoms with Crippen molar-refractivity contribution in [1.82, 2.24) is 10.2 Å². The fraction of sp³-hybridized carbons (Fsp3) is 0.300. The number of benzene rings is 1. The van der Waals surface area contributed by atoms with Crippen LogP contribution in [0.4, 0.5) is 5.69 Å². The first-order chi connectivity index (χ1) is 6.31. The van der Waals surface area contributed by atoms with E-state index in [-0.39, 0.29) is 0 Å². The average Bonchev–Trinajstić information content (AvgIpc) is 2.63. The molecule has 0 aliphatic rings. The second kappa shape index (κ2) is 3.09. The molecular formula is C10H13N3. The van der Waals surface area contributed by atoms with E-state index >= 15 is 0 Å². The lowest BCUT2D eigenvalue weighted by atomic mass is 10.2. The highest BCUT2D eigenvalue weighted by Crippen LogP contribution is 2.18. The number of rotatable bonds is 2. The fourth-order valence-corrected chi connectivity index (χ4v) is 1.35. The van der Waals surface area contributed by atoms with Crippen molar-refractivity contribution >= 4 is 16.6 Å². The summed E-state index contributed by atoms with van der Waals surface area (Å²) >= 11 is 0. The van der Waals surface area contributed by atoms with Crippen molar-refractivity contribution < 1.29 is 0 Å². The molecule has 0 aliphatic heterocycles. The van der Waals surface area contributed by atoms with Gasteiger partial charge in [0, 0.05) is 24.7 Å². The van der Waals surface area contributed by atoms with Crippen molar-refractivity contribution in [2.75, 3.05) is 18.5 Å². The van der Waals surface area contributed by atoms with Crippen LogP contribution in [0.25, 0.3) is 10.9 Å². The van der Waals surface area contributed by atoms with E-state index in [0.717, 1.165) is 17.4 Å². The molecule has 0 aliphatic carbocycles. The number of nitrogens with zero attached hydrogens (tertiary/aromatic N) is 2. The molecule has 2 rings (SSSR count). The van der Waals surface area contributed by atoms with Gasteiger partial charge in [-0.25, -0.2) is 0 Å². The quantitative estimate of drug-likeness (QED) is 0.757. The largest absolute Gasteiger partial charge is 0.375 e. The van der Waals surface area contributed by atoms with Crippen LogP contribution in [-0.4, -0.2) is 23.8 Å². The molecule has 1 heterocycles. The summed E-state index contributed by atoms with van der Waals surface area (Å²) in [6.45, 7) is 3.16. The zero-order valence-corrected chi connectivity index (χ0v) is 7.91. The van der Waals surface area contributed by atoms with Crippen LogP contribution in [0.15, 0.2) is 24.4 Å². The molecular weight excluding hydrogens is 162 g/mol. The summed E-state index contributed by atoms with van der Waals surface area (Å²) in [5.74, 6) is 0. The predicted octanol–water partition coefficient (Wildman–Crippen LogP) is 2.02. The van der Waals surface area contributed by atoms with Crippen LogP contribution in [0.3, 0.4) is 0 Å². The van der Waals surface area contributed by atoms with Crippen molar-refractivity contribution in [2.45, 2.75) is 6.92 Å². The molecule has 1 aromatic heterocycles. The Labute approximate surface area is 77.4 Å². The van der Waals surface area contributed by atoms with E-state index in [0.29, 0.717) is 0 Å². The van der Waals surface area contributed by atoms with E-state index < -0.39 is 0 Å². The Morgan fingerprint density at radius 1 is 1.46 bits per heavy atom. The van der Waals surface area contributed by atoms with Crippen molar-refractivity contribution in [1.29, 1.82) is 0 Å². The molecule has 0 atom stereocenters. The van der Waals surface area contributed by atoms with Gasteiger partial charge in [0.2, 0.25) is 0 Å². The number of hydrogen-bond acceptors (Lipinski definition) is 2. The predicted molar refractivity (Wildman–Crippen MR) is 55.0 cm³/mol. The summed E-state index contributed by atoms with van der Waals surface area (Å²) in [6, 6.07) is 6.30. The molecule has 2 aromatic rings. The van der Waals surface area contributed by atoms with E-state index in [1.165, 1.54) is 5.69 Å².